The molecule has 1 aromatic rings. The number of ether oxygens (including phenoxy) is 1. The molecule has 3 heteroatoms. The monoisotopic (exact) mass is 241 g/mol. The summed E-state index contributed by atoms with van der Waals surface area (Å²) in [4.78, 5) is 0. The molecule has 0 heterocycles. The minimum atomic E-state index is 0. The molecule has 90 valence electrons. The Balaban J connectivity index is 0.00000128. The molecule has 1 fully saturated rings. The molecule has 1 aliphatic carbocycles. The van der Waals surface area contributed by atoms with Crippen LogP contribution in [0.25, 0.3) is 0 Å². The molecular formula is C13H20ClNO. The largest absolute Gasteiger partial charge is 0.493 e. The Morgan fingerprint density at radius 2 is 2.06 bits per heavy atom. The SMILES string of the molecule is CCCOc1ccccc1CNC1CC1.Cl. The van der Waals surface area contributed by atoms with Crippen molar-refractivity contribution in [1.82, 2.24) is 5.32 Å². The van der Waals surface area contributed by atoms with Crippen molar-refractivity contribution in [3.8, 4) is 5.75 Å². The quantitative estimate of drug-likeness (QED) is 0.826. The van der Waals surface area contributed by atoms with Crippen LogP contribution in [-0.2, 0) is 6.54 Å². The summed E-state index contributed by atoms with van der Waals surface area (Å²) < 4.78 is 5.70. The molecule has 1 aromatic carbocycles. The lowest BCUT2D eigenvalue weighted by atomic mass is 10.2. The van der Waals surface area contributed by atoms with Crippen molar-refractivity contribution in [2.75, 3.05) is 6.61 Å². The molecule has 1 N–H and O–H groups in total. The second-order valence-electron chi connectivity index (χ2n) is 4.11. The lowest BCUT2D eigenvalue weighted by Crippen LogP contribution is -2.16. The highest BCUT2D eigenvalue weighted by molar-refractivity contribution is 5.85. The Hall–Kier alpha value is -0.730. The van der Waals surface area contributed by atoms with Crippen molar-refractivity contribution >= 4 is 12.4 Å². The van der Waals surface area contributed by atoms with E-state index in [1.54, 1.807) is 0 Å². The van der Waals surface area contributed by atoms with Crippen LogP contribution in [0.4, 0.5) is 0 Å². The van der Waals surface area contributed by atoms with Gasteiger partial charge in [-0.25, -0.2) is 0 Å². The number of hydrogen-bond acceptors (Lipinski definition) is 2. The molecule has 1 saturated carbocycles. The minimum Gasteiger partial charge on any atom is -0.493 e. The van der Waals surface area contributed by atoms with Crippen LogP contribution < -0.4 is 10.1 Å². The Bertz CT molecular complexity index is 313. The molecule has 0 atom stereocenters. The van der Waals surface area contributed by atoms with E-state index in [0.717, 1.165) is 31.4 Å². The van der Waals surface area contributed by atoms with Crippen LogP contribution in [0.2, 0.25) is 0 Å². The maximum absolute atomic E-state index is 5.70. The number of rotatable bonds is 6. The first kappa shape index (κ1) is 13.3. The van der Waals surface area contributed by atoms with Gasteiger partial charge in [0.15, 0.2) is 0 Å². The van der Waals surface area contributed by atoms with Crippen molar-refractivity contribution in [1.29, 1.82) is 0 Å². The van der Waals surface area contributed by atoms with Crippen LogP contribution in [0.3, 0.4) is 0 Å². The summed E-state index contributed by atoms with van der Waals surface area (Å²) in [5, 5.41) is 3.51. The molecule has 0 bridgehead atoms. The number of hydrogen-bond donors (Lipinski definition) is 1. The van der Waals surface area contributed by atoms with Crippen LogP contribution >= 0.6 is 12.4 Å². The predicted molar refractivity (Wildman–Crippen MR) is 69.3 cm³/mol. The van der Waals surface area contributed by atoms with E-state index in [2.05, 4.69) is 30.4 Å². The Kier molecular flexibility index (Phi) is 5.64. The van der Waals surface area contributed by atoms with Gasteiger partial charge >= 0.3 is 0 Å². The van der Waals surface area contributed by atoms with E-state index in [1.807, 2.05) is 6.07 Å². The molecule has 0 unspecified atom stereocenters. The summed E-state index contributed by atoms with van der Waals surface area (Å²) in [6.07, 6.45) is 3.72. The normalized spacial score (nSPS) is 14.3. The Morgan fingerprint density at radius 3 is 2.75 bits per heavy atom. The first-order chi connectivity index (χ1) is 7.40. The molecule has 16 heavy (non-hydrogen) atoms. The fourth-order valence-corrected chi connectivity index (χ4v) is 1.54. The van der Waals surface area contributed by atoms with Crippen molar-refractivity contribution < 1.29 is 4.74 Å². The molecule has 2 nitrogen and oxygen atoms in total. The minimum absolute atomic E-state index is 0. The summed E-state index contributed by atoms with van der Waals surface area (Å²) in [5.74, 6) is 1.03. The van der Waals surface area contributed by atoms with Crippen LogP contribution in [0.1, 0.15) is 31.7 Å². The first-order valence-corrected chi connectivity index (χ1v) is 5.84. The average Bonchev–Trinajstić information content (AvgIpc) is 3.08. The molecule has 0 aliphatic heterocycles. The van der Waals surface area contributed by atoms with Gasteiger partial charge in [0.05, 0.1) is 6.61 Å². The Labute approximate surface area is 104 Å². The zero-order valence-corrected chi connectivity index (χ0v) is 10.6. The zero-order chi connectivity index (χ0) is 10.5. The molecule has 0 spiro atoms. The summed E-state index contributed by atoms with van der Waals surface area (Å²) in [6.45, 7) is 3.87. The van der Waals surface area contributed by atoms with Gasteiger partial charge < -0.3 is 10.1 Å². The lowest BCUT2D eigenvalue weighted by molar-refractivity contribution is 0.313. The molecule has 2 rings (SSSR count). The lowest BCUT2D eigenvalue weighted by Gasteiger charge is -2.11. The van der Waals surface area contributed by atoms with Crippen molar-refractivity contribution in [2.24, 2.45) is 0 Å². The van der Waals surface area contributed by atoms with E-state index < -0.39 is 0 Å². The van der Waals surface area contributed by atoms with Gasteiger partial charge in [0.1, 0.15) is 5.75 Å². The van der Waals surface area contributed by atoms with Crippen LogP contribution in [-0.4, -0.2) is 12.6 Å². The molecule has 1 aliphatic rings. The highest BCUT2D eigenvalue weighted by atomic mass is 35.5. The summed E-state index contributed by atoms with van der Waals surface area (Å²) >= 11 is 0. The average molecular weight is 242 g/mol. The van der Waals surface area contributed by atoms with E-state index in [4.69, 9.17) is 4.74 Å². The van der Waals surface area contributed by atoms with E-state index in [9.17, 15) is 0 Å². The fourth-order valence-electron chi connectivity index (χ4n) is 1.54. The molecule has 0 amide bonds. The topological polar surface area (TPSA) is 21.3 Å². The third kappa shape index (κ3) is 4.03. The van der Waals surface area contributed by atoms with Gasteiger partial charge in [0, 0.05) is 18.2 Å². The van der Waals surface area contributed by atoms with Crippen molar-refractivity contribution in [3.63, 3.8) is 0 Å². The van der Waals surface area contributed by atoms with Crippen molar-refractivity contribution in [3.05, 3.63) is 29.8 Å². The summed E-state index contributed by atoms with van der Waals surface area (Å²) in [5.41, 5.74) is 1.28. The highest BCUT2D eigenvalue weighted by Crippen LogP contribution is 2.22. The first-order valence-electron chi connectivity index (χ1n) is 5.84. The molecule has 0 radical (unpaired) electrons. The summed E-state index contributed by atoms with van der Waals surface area (Å²) in [6, 6.07) is 9.05. The number of para-hydroxylation sites is 1. The second-order valence-corrected chi connectivity index (χ2v) is 4.11. The maximum atomic E-state index is 5.70. The Morgan fingerprint density at radius 1 is 1.31 bits per heavy atom. The standard InChI is InChI=1S/C13H19NO.ClH/c1-2-9-15-13-6-4-3-5-11(13)10-14-12-7-8-12;/h3-6,12,14H,2,7-10H2,1H3;1H. The smallest absolute Gasteiger partial charge is 0.123 e. The third-order valence-corrected chi connectivity index (χ3v) is 2.59. The van der Waals surface area contributed by atoms with Gasteiger partial charge in [-0.15, -0.1) is 12.4 Å². The maximum Gasteiger partial charge on any atom is 0.123 e. The van der Waals surface area contributed by atoms with Gasteiger partial charge in [-0.3, -0.25) is 0 Å². The second kappa shape index (κ2) is 6.77. The van der Waals surface area contributed by atoms with Gasteiger partial charge in [0.2, 0.25) is 0 Å². The van der Waals surface area contributed by atoms with Crippen LogP contribution in [0.5, 0.6) is 5.75 Å². The van der Waals surface area contributed by atoms with E-state index in [0.29, 0.717) is 0 Å². The van der Waals surface area contributed by atoms with E-state index in [-0.39, 0.29) is 12.4 Å². The highest BCUT2D eigenvalue weighted by Gasteiger charge is 2.20. The molecular weight excluding hydrogens is 222 g/mol. The van der Waals surface area contributed by atoms with E-state index >= 15 is 0 Å². The third-order valence-electron chi connectivity index (χ3n) is 2.59. The number of benzene rings is 1. The van der Waals surface area contributed by atoms with E-state index in [1.165, 1.54) is 18.4 Å². The van der Waals surface area contributed by atoms with Gasteiger partial charge in [0.25, 0.3) is 0 Å². The van der Waals surface area contributed by atoms with Gasteiger partial charge in [-0.2, -0.15) is 0 Å². The number of halogens is 1. The van der Waals surface area contributed by atoms with Crippen molar-refractivity contribution in [2.45, 2.75) is 38.8 Å². The predicted octanol–water partition coefficient (Wildman–Crippen LogP) is 3.15. The zero-order valence-electron chi connectivity index (χ0n) is 9.74. The van der Waals surface area contributed by atoms with Gasteiger partial charge in [-0.05, 0) is 25.3 Å². The summed E-state index contributed by atoms with van der Waals surface area (Å²) in [7, 11) is 0. The fraction of sp³-hybridized carbons (Fsp3) is 0.538. The number of nitrogens with one attached hydrogen (secondary N) is 1. The molecule has 0 saturated heterocycles. The van der Waals surface area contributed by atoms with Crippen LogP contribution in [0.15, 0.2) is 24.3 Å². The van der Waals surface area contributed by atoms with Gasteiger partial charge in [-0.1, -0.05) is 25.1 Å². The molecule has 0 aromatic heterocycles. The van der Waals surface area contributed by atoms with Crippen LogP contribution in [0, 0.1) is 0 Å².